The van der Waals surface area contributed by atoms with Crippen LogP contribution < -0.4 is 5.32 Å². The molecule has 2 heterocycles. The normalized spacial score (nSPS) is 16.5. The summed E-state index contributed by atoms with van der Waals surface area (Å²) in [5.41, 5.74) is 0. The fourth-order valence-electron chi connectivity index (χ4n) is 2.30. The van der Waals surface area contributed by atoms with E-state index >= 15 is 0 Å². The molecule has 7 nitrogen and oxygen atoms in total. The van der Waals surface area contributed by atoms with Gasteiger partial charge in [0.05, 0.1) is 6.10 Å². The van der Waals surface area contributed by atoms with Gasteiger partial charge < -0.3 is 19.8 Å². The van der Waals surface area contributed by atoms with E-state index in [9.17, 15) is 5.11 Å². The van der Waals surface area contributed by atoms with Crippen molar-refractivity contribution in [1.29, 1.82) is 0 Å². The third-order valence-corrected chi connectivity index (χ3v) is 3.51. The molecule has 0 aliphatic carbocycles. The summed E-state index contributed by atoms with van der Waals surface area (Å²) in [5, 5.41) is 16.8. The second-order valence-corrected chi connectivity index (χ2v) is 5.16. The first kappa shape index (κ1) is 19.1. The zero-order valence-electron chi connectivity index (χ0n) is 13.3. The maximum absolute atomic E-state index is 9.58. The van der Waals surface area contributed by atoms with Gasteiger partial charge in [-0.3, -0.25) is 4.99 Å². The van der Waals surface area contributed by atoms with Crippen LogP contribution in [0.3, 0.4) is 0 Å². The molecule has 0 unspecified atom stereocenters. The summed E-state index contributed by atoms with van der Waals surface area (Å²) in [5.74, 6) is 2.29. The molecule has 0 spiro atoms. The Bertz CT molecular complexity index is 458. The van der Waals surface area contributed by atoms with Gasteiger partial charge >= 0.3 is 0 Å². The number of aliphatic hydroxyl groups excluding tert-OH is 1. The van der Waals surface area contributed by atoms with Crippen molar-refractivity contribution in [2.75, 3.05) is 26.2 Å². The number of aliphatic hydroxyl groups is 1. The van der Waals surface area contributed by atoms with Crippen LogP contribution in [-0.4, -0.2) is 58.4 Å². The molecule has 126 valence electrons. The summed E-state index contributed by atoms with van der Waals surface area (Å²) >= 11 is 0. The lowest BCUT2D eigenvalue weighted by atomic mass is 10.1. The standard InChI is InChI=1S/C14H25N5O2.HI/c1-3-13-17-12(18-21-13)5-8-16-14(15-4-2)19-9-6-11(20)7-10-19;/h11,20H,3-10H2,1-2H3,(H,15,16);1H. The van der Waals surface area contributed by atoms with Gasteiger partial charge in [0.25, 0.3) is 0 Å². The lowest BCUT2D eigenvalue weighted by molar-refractivity contribution is 0.108. The van der Waals surface area contributed by atoms with Crippen molar-refractivity contribution in [2.24, 2.45) is 4.99 Å². The minimum Gasteiger partial charge on any atom is -0.393 e. The quantitative estimate of drug-likeness (QED) is 0.421. The number of hydrogen-bond donors (Lipinski definition) is 2. The van der Waals surface area contributed by atoms with Gasteiger partial charge in [-0.25, -0.2) is 0 Å². The molecule has 0 amide bonds. The molecule has 1 saturated heterocycles. The molecule has 0 radical (unpaired) electrons. The van der Waals surface area contributed by atoms with Gasteiger partial charge in [-0.2, -0.15) is 4.98 Å². The molecule has 8 heteroatoms. The van der Waals surface area contributed by atoms with Crippen LogP contribution in [0.2, 0.25) is 0 Å². The van der Waals surface area contributed by atoms with E-state index in [0.717, 1.165) is 44.9 Å². The lowest BCUT2D eigenvalue weighted by Gasteiger charge is -2.32. The predicted molar refractivity (Wildman–Crippen MR) is 95.6 cm³/mol. The Labute approximate surface area is 148 Å². The Kier molecular flexibility index (Phi) is 8.69. The maximum atomic E-state index is 9.58. The van der Waals surface area contributed by atoms with Gasteiger partial charge in [0.15, 0.2) is 11.8 Å². The second-order valence-electron chi connectivity index (χ2n) is 5.16. The zero-order valence-corrected chi connectivity index (χ0v) is 15.6. The van der Waals surface area contributed by atoms with Crippen LogP contribution in [0.25, 0.3) is 0 Å². The second kappa shape index (κ2) is 9.98. The fraction of sp³-hybridized carbons (Fsp3) is 0.786. The monoisotopic (exact) mass is 423 g/mol. The SMILES string of the molecule is CCNC(=NCCc1noc(CC)n1)N1CCC(O)CC1.I. The smallest absolute Gasteiger partial charge is 0.226 e. The average Bonchev–Trinajstić information content (AvgIpc) is 2.95. The summed E-state index contributed by atoms with van der Waals surface area (Å²) in [6.45, 7) is 7.19. The molecular weight excluding hydrogens is 397 g/mol. The number of aryl methyl sites for hydroxylation is 1. The van der Waals surface area contributed by atoms with Crippen LogP contribution >= 0.6 is 24.0 Å². The van der Waals surface area contributed by atoms with Crippen molar-refractivity contribution >= 4 is 29.9 Å². The third-order valence-electron chi connectivity index (χ3n) is 3.51. The molecule has 1 aromatic rings. The number of hydrogen-bond acceptors (Lipinski definition) is 5. The van der Waals surface area contributed by atoms with E-state index < -0.39 is 0 Å². The molecule has 1 fully saturated rings. The van der Waals surface area contributed by atoms with E-state index in [4.69, 9.17) is 4.52 Å². The molecular formula is C14H26IN5O2. The van der Waals surface area contributed by atoms with Crippen LogP contribution in [0.5, 0.6) is 0 Å². The van der Waals surface area contributed by atoms with Crippen molar-refractivity contribution in [1.82, 2.24) is 20.4 Å². The lowest BCUT2D eigenvalue weighted by Crippen LogP contribution is -2.46. The number of nitrogens with one attached hydrogen (secondary N) is 1. The third kappa shape index (κ3) is 5.71. The Hall–Kier alpha value is -0.900. The number of nitrogens with zero attached hydrogens (tertiary/aromatic N) is 4. The summed E-state index contributed by atoms with van der Waals surface area (Å²) in [7, 11) is 0. The molecule has 2 N–H and O–H groups in total. The maximum Gasteiger partial charge on any atom is 0.226 e. The van der Waals surface area contributed by atoms with E-state index in [1.54, 1.807) is 0 Å². The summed E-state index contributed by atoms with van der Waals surface area (Å²) in [6.07, 6.45) is 2.87. The van der Waals surface area contributed by atoms with Crippen LogP contribution in [0, 0.1) is 0 Å². The molecule has 2 rings (SSSR count). The van der Waals surface area contributed by atoms with Crippen LogP contribution in [0.15, 0.2) is 9.52 Å². The van der Waals surface area contributed by atoms with Gasteiger partial charge in [-0.15, -0.1) is 24.0 Å². The summed E-state index contributed by atoms with van der Waals surface area (Å²) < 4.78 is 5.08. The van der Waals surface area contributed by atoms with Crippen LogP contribution in [0.1, 0.15) is 38.4 Å². The van der Waals surface area contributed by atoms with E-state index in [1.165, 1.54) is 0 Å². The minimum atomic E-state index is -0.170. The Morgan fingerprint density at radius 3 is 2.73 bits per heavy atom. The highest BCUT2D eigenvalue weighted by Gasteiger charge is 2.19. The highest BCUT2D eigenvalue weighted by molar-refractivity contribution is 14.0. The van der Waals surface area contributed by atoms with E-state index in [1.807, 2.05) is 6.92 Å². The highest BCUT2D eigenvalue weighted by atomic mass is 127. The minimum absolute atomic E-state index is 0. The number of rotatable bonds is 5. The fourth-order valence-corrected chi connectivity index (χ4v) is 2.30. The average molecular weight is 423 g/mol. The Balaban J connectivity index is 0.00000242. The molecule has 0 bridgehead atoms. The van der Waals surface area contributed by atoms with Crippen molar-refractivity contribution in [3.05, 3.63) is 11.7 Å². The van der Waals surface area contributed by atoms with Gasteiger partial charge in [0.1, 0.15) is 0 Å². The number of aliphatic imine (C=N–C) groups is 1. The Morgan fingerprint density at radius 1 is 1.41 bits per heavy atom. The van der Waals surface area contributed by atoms with Gasteiger partial charge in [-0.1, -0.05) is 12.1 Å². The van der Waals surface area contributed by atoms with Gasteiger partial charge in [0, 0.05) is 39.0 Å². The molecule has 22 heavy (non-hydrogen) atoms. The van der Waals surface area contributed by atoms with Crippen molar-refractivity contribution in [3.8, 4) is 0 Å². The molecule has 1 aromatic heterocycles. The first-order valence-corrected chi connectivity index (χ1v) is 7.75. The van der Waals surface area contributed by atoms with Crippen LogP contribution in [0.4, 0.5) is 0 Å². The molecule has 1 aliphatic heterocycles. The number of aromatic nitrogens is 2. The van der Waals surface area contributed by atoms with Gasteiger partial charge in [-0.05, 0) is 19.8 Å². The largest absolute Gasteiger partial charge is 0.393 e. The molecule has 0 atom stereocenters. The predicted octanol–water partition coefficient (Wildman–Crippen LogP) is 1.21. The van der Waals surface area contributed by atoms with E-state index in [2.05, 4.69) is 32.3 Å². The Morgan fingerprint density at radius 2 is 2.14 bits per heavy atom. The number of halogens is 1. The van der Waals surface area contributed by atoms with Crippen molar-refractivity contribution in [2.45, 2.75) is 45.6 Å². The first-order chi connectivity index (χ1) is 10.2. The van der Waals surface area contributed by atoms with Gasteiger partial charge in [0.2, 0.25) is 5.89 Å². The number of guanidine groups is 1. The first-order valence-electron chi connectivity index (χ1n) is 7.75. The van der Waals surface area contributed by atoms with E-state index in [0.29, 0.717) is 24.7 Å². The highest BCUT2D eigenvalue weighted by Crippen LogP contribution is 2.10. The molecule has 1 aliphatic rings. The zero-order chi connectivity index (χ0) is 15.1. The number of piperidine rings is 1. The summed E-state index contributed by atoms with van der Waals surface area (Å²) in [6, 6.07) is 0. The number of likely N-dealkylation sites (tertiary alicyclic amines) is 1. The molecule has 0 aromatic carbocycles. The molecule has 0 saturated carbocycles. The summed E-state index contributed by atoms with van der Waals surface area (Å²) in [4.78, 5) is 11.1. The van der Waals surface area contributed by atoms with E-state index in [-0.39, 0.29) is 30.1 Å². The van der Waals surface area contributed by atoms with Crippen molar-refractivity contribution < 1.29 is 9.63 Å². The van der Waals surface area contributed by atoms with Crippen LogP contribution in [-0.2, 0) is 12.8 Å². The van der Waals surface area contributed by atoms with Crippen molar-refractivity contribution in [3.63, 3.8) is 0 Å². The topological polar surface area (TPSA) is 86.8 Å².